The number of hydrogen-bond acceptors (Lipinski definition) is 1. The van der Waals surface area contributed by atoms with Gasteiger partial charge in [0.05, 0.1) is 0 Å². The fourth-order valence-corrected chi connectivity index (χ4v) is 2.57. The summed E-state index contributed by atoms with van der Waals surface area (Å²) in [6.45, 7) is 6.73. The van der Waals surface area contributed by atoms with Gasteiger partial charge < -0.3 is 5.73 Å². The highest BCUT2D eigenvalue weighted by atomic mass is 14.7. The molecule has 0 aliphatic carbocycles. The summed E-state index contributed by atoms with van der Waals surface area (Å²) in [5.74, 6) is 0. The average molecular weight is 255 g/mol. The van der Waals surface area contributed by atoms with Crippen LogP contribution in [0.25, 0.3) is 0 Å². The van der Waals surface area contributed by atoms with Crippen molar-refractivity contribution in [3.8, 4) is 0 Å². The number of unbranched alkanes of at least 4 members (excludes halogenated alkanes) is 9. The van der Waals surface area contributed by atoms with Gasteiger partial charge in [0.15, 0.2) is 0 Å². The molecule has 0 aliphatic heterocycles. The topological polar surface area (TPSA) is 26.0 Å². The van der Waals surface area contributed by atoms with Gasteiger partial charge in [0.2, 0.25) is 0 Å². The van der Waals surface area contributed by atoms with Gasteiger partial charge in [-0.1, -0.05) is 85.0 Å². The maximum atomic E-state index is 6.31. The smallest absolute Gasteiger partial charge is 0.0149 e. The largest absolute Gasteiger partial charge is 0.325 e. The second kappa shape index (κ2) is 12.0. The SMILES string of the molecule is CCCCCCCCCCCCC(N)(CC)CC. The molecule has 0 saturated heterocycles. The van der Waals surface area contributed by atoms with Crippen molar-refractivity contribution in [1.29, 1.82) is 0 Å². The third-order valence-electron chi connectivity index (χ3n) is 4.44. The molecule has 0 spiro atoms. The van der Waals surface area contributed by atoms with Crippen molar-refractivity contribution in [3.05, 3.63) is 0 Å². The van der Waals surface area contributed by atoms with Gasteiger partial charge in [-0.05, 0) is 19.3 Å². The molecule has 0 aliphatic rings. The third-order valence-corrected chi connectivity index (χ3v) is 4.44. The Bertz CT molecular complexity index is 161. The maximum absolute atomic E-state index is 6.31. The number of rotatable bonds is 13. The van der Waals surface area contributed by atoms with E-state index in [-0.39, 0.29) is 5.54 Å². The van der Waals surface area contributed by atoms with E-state index in [1.165, 1.54) is 70.6 Å². The predicted molar refractivity (Wildman–Crippen MR) is 84.0 cm³/mol. The van der Waals surface area contributed by atoms with Gasteiger partial charge in [-0.3, -0.25) is 0 Å². The van der Waals surface area contributed by atoms with Crippen molar-refractivity contribution in [2.75, 3.05) is 0 Å². The van der Waals surface area contributed by atoms with E-state index in [0.717, 1.165) is 12.8 Å². The van der Waals surface area contributed by atoms with Crippen molar-refractivity contribution in [3.63, 3.8) is 0 Å². The Balaban J connectivity index is 3.21. The Labute approximate surface area is 116 Å². The molecule has 1 heteroatoms. The lowest BCUT2D eigenvalue weighted by Gasteiger charge is -2.26. The highest BCUT2D eigenvalue weighted by molar-refractivity contribution is 4.80. The molecular formula is C17H37N. The van der Waals surface area contributed by atoms with Gasteiger partial charge in [-0.2, -0.15) is 0 Å². The zero-order valence-corrected chi connectivity index (χ0v) is 13.3. The van der Waals surface area contributed by atoms with Crippen molar-refractivity contribution in [2.45, 2.75) is 110 Å². The molecule has 0 atom stereocenters. The van der Waals surface area contributed by atoms with E-state index in [2.05, 4.69) is 20.8 Å². The van der Waals surface area contributed by atoms with E-state index in [4.69, 9.17) is 5.73 Å². The van der Waals surface area contributed by atoms with Crippen LogP contribution in [0, 0.1) is 0 Å². The van der Waals surface area contributed by atoms with E-state index < -0.39 is 0 Å². The summed E-state index contributed by atoms with van der Waals surface area (Å²) < 4.78 is 0. The normalized spacial score (nSPS) is 12.0. The third kappa shape index (κ3) is 9.94. The molecule has 2 N–H and O–H groups in total. The fraction of sp³-hybridized carbons (Fsp3) is 1.00. The predicted octanol–water partition coefficient (Wildman–Crippen LogP) is 5.81. The van der Waals surface area contributed by atoms with E-state index in [0.29, 0.717) is 0 Å². The van der Waals surface area contributed by atoms with Crippen LogP contribution < -0.4 is 5.73 Å². The summed E-state index contributed by atoms with van der Waals surface area (Å²) in [5, 5.41) is 0. The van der Waals surface area contributed by atoms with Gasteiger partial charge >= 0.3 is 0 Å². The lowest BCUT2D eigenvalue weighted by molar-refractivity contribution is 0.350. The molecule has 0 rings (SSSR count). The van der Waals surface area contributed by atoms with Crippen LogP contribution in [0.2, 0.25) is 0 Å². The van der Waals surface area contributed by atoms with Crippen LogP contribution in [0.4, 0.5) is 0 Å². The number of hydrogen-bond donors (Lipinski definition) is 1. The molecule has 0 fully saturated rings. The maximum Gasteiger partial charge on any atom is 0.0149 e. The Morgan fingerprint density at radius 1 is 0.611 bits per heavy atom. The standard InChI is InChI=1S/C17H37N/c1-4-7-8-9-10-11-12-13-14-15-16-17(18,5-2)6-3/h4-16,18H2,1-3H3. The highest BCUT2D eigenvalue weighted by Crippen LogP contribution is 2.20. The zero-order valence-electron chi connectivity index (χ0n) is 13.3. The van der Waals surface area contributed by atoms with E-state index in [9.17, 15) is 0 Å². The second-order valence-electron chi connectivity index (χ2n) is 6.00. The first-order chi connectivity index (χ1) is 8.68. The Morgan fingerprint density at radius 3 is 1.39 bits per heavy atom. The lowest BCUT2D eigenvalue weighted by atomic mass is 9.88. The van der Waals surface area contributed by atoms with Crippen LogP contribution in [0.3, 0.4) is 0 Å². The summed E-state index contributed by atoms with van der Waals surface area (Å²) in [6.07, 6.45) is 17.6. The lowest BCUT2D eigenvalue weighted by Crippen LogP contribution is -2.38. The van der Waals surface area contributed by atoms with Gasteiger partial charge in [-0.15, -0.1) is 0 Å². The van der Waals surface area contributed by atoms with Gasteiger partial charge in [-0.25, -0.2) is 0 Å². The molecule has 0 unspecified atom stereocenters. The summed E-state index contributed by atoms with van der Waals surface area (Å²) in [6, 6.07) is 0. The van der Waals surface area contributed by atoms with E-state index >= 15 is 0 Å². The molecule has 110 valence electrons. The van der Waals surface area contributed by atoms with E-state index in [1.54, 1.807) is 0 Å². The first-order valence-corrected chi connectivity index (χ1v) is 8.47. The molecule has 0 saturated carbocycles. The molecule has 18 heavy (non-hydrogen) atoms. The van der Waals surface area contributed by atoms with Crippen LogP contribution >= 0.6 is 0 Å². The molecule has 0 aromatic rings. The summed E-state index contributed by atoms with van der Waals surface area (Å²) in [7, 11) is 0. The van der Waals surface area contributed by atoms with Crippen LogP contribution in [0.1, 0.15) is 104 Å². The van der Waals surface area contributed by atoms with Crippen LogP contribution in [-0.4, -0.2) is 5.54 Å². The summed E-state index contributed by atoms with van der Waals surface area (Å²) >= 11 is 0. The molecule has 0 aromatic carbocycles. The highest BCUT2D eigenvalue weighted by Gasteiger charge is 2.18. The van der Waals surface area contributed by atoms with Gasteiger partial charge in [0.1, 0.15) is 0 Å². The molecule has 0 heterocycles. The van der Waals surface area contributed by atoms with Gasteiger partial charge in [0.25, 0.3) is 0 Å². The Kier molecular flexibility index (Phi) is 12.0. The Morgan fingerprint density at radius 2 is 1.00 bits per heavy atom. The molecular weight excluding hydrogens is 218 g/mol. The first kappa shape index (κ1) is 18.0. The summed E-state index contributed by atoms with van der Waals surface area (Å²) in [5.41, 5.74) is 6.43. The van der Waals surface area contributed by atoms with Crippen molar-refractivity contribution < 1.29 is 0 Å². The quantitative estimate of drug-likeness (QED) is 0.413. The van der Waals surface area contributed by atoms with E-state index in [1.807, 2.05) is 0 Å². The van der Waals surface area contributed by atoms with Gasteiger partial charge in [0, 0.05) is 5.54 Å². The first-order valence-electron chi connectivity index (χ1n) is 8.47. The second-order valence-corrected chi connectivity index (χ2v) is 6.00. The summed E-state index contributed by atoms with van der Waals surface area (Å²) in [4.78, 5) is 0. The van der Waals surface area contributed by atoms with Crippen molar-refractivity contribution >= 4 is 0 Å². The minimum absolute atomic E-state index is 0.125. The molecule has 1 nitrogen and oxygen atoms in total. The van der Waals surface area contributed by atoms with Crippen molar-refractivity contribution in [1.82, 2.24) is 0 Å². The number of nitrogens with two attached hydrogens (primary N) is 1. The molecule has 0 bridgehead atoms. The van der Waals surface area contributed by atoms with Crippen molar-refractivity contribution in [2.24, 2.45) is 5.73 Å². The molecule has 0 radical (unpaired) electrons. The van der Waals surface area contributed by atoms with Crippen LogP contribution in [0.5, 0.6) is 0 Å². The fourth-order valence-electron chi connectivity index (χ4n) is 2.57. The monoisotopic (exact) mass is 255 g/mol. The minimum atomic E-state index is 0.125. The molecule has 0 amide bonds. The minimum Gasteiger partial charge on any atom is -0.325 e. The Hall–Kier alpha value is -0.0400. The van der Waals surface area contributed by atoms with Crippen LogP contribution in [0.15, 0.2) is 0 Å². The zero-order chi connectivity index (χ0) is 13.7. The average Bonchev–Trinajstić information content (AvgIpc) is 2.40. The molecule has 0 aromatic heterocycles. The van der Waals surface area contributed by atoms with Crippen LogP contribution in [-0.2, 0) is 0 Å².